The molecule has 0 saturated heterocycles. The fourth-order valence-electron chi connectivity index (χ4n) is 0.286. The molecule has 0 radical (unpaired) electrons. The molecule has 4 heteroatoms. The van der Waals surface area contributed by atoms with Crippen LogP contribution in [0.5, 0.6) is 0 Å². The highest BCUT2D eigenvalue weighted by molar-refractivity contribution is 5.80. The molecule has 4 nitrogen and oxygen atoms in total. The van der Waals surface area contributed by atoms with Gasteiger partial charge in [0.1, 0.15) is 0 Å². The summed E-state index contributed by atoms with van der Waals surface area (Å²) in [6.45, 7) is 3.38. The lowest BCUT2D eigenvalue weighted by Crippen LogP contribution is -2.03. The number of nitrogens with zero attached hydrogens (tertiary/aromatic N) is 3. The average Bonchev–Trinajstić information content (AvgIpc) is 1.87. The maximum absolute atomic E-state index is 5.05. The Hall–Kier alpha value is -1.19. The average molecular weight is 96.1 g/mol. The second-order valence-electron chi connectivity index (χ2n) is 1.09. The van der Waals surface area contributed by atoms with Crippen molar-refractivity contribution in [2.24, 2.45) is 21.0 Å². The molecule has 7 heavy (non-hydrogen) atoms. The van der Waals surface area contributed by atoms with Crippen LogP contribution in [0.1, 0.15) is 0 Å². The fraction of sp³-hybridized carbons (Fsp3) is 0. The summed E-state index contributed by atoms with van der Waals surface area (Å²) in [6, 6.07) is 0. The smallest absolute Gasteiger partial charge is 0.242 e. The first-order chi connectivity index (χ1) is 3.29. The zero-order valence-corrected chi connectivity index (χ0v) is 3.63. The maximum Gasteiger partial charge on any atom is 0.242 e. The van der Waals surface area contributed by atoms with Gasteiger partial charge in [0.2, 0.25) is 5.96 Å². The van der Waals surface area contributed by atoms with E-state index in [9.17, 15) is 0 Å². The van der Waals surface area contributed by atoms with Crippen molar-refractivity contribution in [1.82, 2.24) is 0 Å². The molecule has 1 heterocycles. The Morgan fingerprint density at radius 1 is 1.43 bits per heavy atom. The van der Waals surface area contributed by atoms with Gasteiger partial charge in [-0.15, -0.1) is 10.2 Å². The van der Waals surface area contributed by atoms with Gasteiger partial charge in [-0.1, -0.05) is 6.58 Å². The van der Waals surface area contributed by atoms with Crippen LogP contribution >= 0.6 is 0 Å². The Morgan fingerprint density at radius 3 is 2.29 bits per heavy atom. The van der Waals surface area contributed by atoms with Crippen LogP contribution in [0.2, 0.25) is 0 Å². The summed E-state index contributed by atoms with van der Waals surface area (Å²) in [5.41, 5.74) is 5.05. The number of rotatable bonds is 0. The molecule has 0 bridgehead atoms. The molecule has 0 aromatic carbocycles. The van der Waals surface area contributed by atoms with Crippen molar-refractivity contribution < 1.29 is 0 Å². The molecule has 2 N–H and O–H groups in total. The summed E-state index contributed by atoms with van der Waals surface area (Å²) in [6.07, 6.45) is 0. The van der Waals surface area contributed by atoms with Gasteiger partial charge in [-0.3, -0.25) is 0 Å². The quantitative estimate of drug-likeness (QED) is 0.461. The van der Waals surface area contributed by atoms with Gasteiger partial charge in [0.15, 0.2) is 5.82 Å². The van der Waals surface area contributed by atoms with Crippen molar-refractivity contribution in [3.63, 3.8) is 0 Å². The van der Waals surface area contributed by atoms with Crippen LogP contribution in [0.3, 0.4) is 0 Å². The van der Waals surface area contributed by atoms with Crippen molar-refractivity contribution in [2.75, 3.05) is 0 Å². The zero-order valence-electron chi connectivity index (χ0n) is 3.63. The van der Waals surface area contributed by atoms with Crippen molar-refractivity contribution in [1.29, 1.82) is 0 Å². The van der Waals surface area contributed by atoms with Crippen molar-refractivity contribution in [3.05, 3.63) is 12.4 Å². The van der Waals surface area contributed by atoms with E-state index in [0.29, 0.717) is 5.82 Å². The van der Waals surface area contributed by atoms with Gasteiger partial charge in [-0.2, -0.15) is 4.99 Å². The van der Waals surface area contributed by atoms with Crippen molar-refractivity contribution in [2.45, 2.75) is 0 Å². The first kappa shape index (κ1) is 3.98. The molecule has 0 amide bonds. The maximum atomic E-state index is 5.05. The highest BCUT2D eigenvalue weighted by Gasteiger charge is 1.96. The van der Waals surface area contributed by atoms with Crippen LogP contribution in [-0.2, 0) is 0 Å². The fourth-order valence-corrected chi connectivity index (χ4v) is 0.286. The molecule has 0 saturated carbocycles. The molecule has 1 aliphatic heterocycles. The Labute approximate surface area is 40.5 Å². The van der Waals surface area contributed by atoms with Gasteiger partial charge < -0.3 is 5.73 Å². The molecule has 36 valence electrons. The van der Waals surface area contributed by atoms with E-state index < -0.39 is 0 Å². The van der Waals surface area contributed by atoms with Gasteiger partial charge in [-0.25, -0.2) is 0 Å². The molecule has 1 rings (SSSR count). The second kappa shape index (κ2) is 1.14. The normalized spacial score (nSPS) is 17.7. The predicted molar refractivity (Wildman–Crippen MR) is 25.6 cm³/mol. The van der Waals surface area contributed by atoms with Gasteiger partial charge >= 0.3 is 0 Å². The Balaban J connectivity index is 2.88. The SMILES string of the molecule is C=C1N=NC(N)=N1. The summed E-state index contributed by atoms with van der Waals surface area (Å²) in [5, 5.41) is 6.79. The minimum Gasteiger partial charge on any atom is -0.366 e. The van der Waals surface area contributed by atoms with E-state index in [1.807, 2.05) is 0 Å². The molecule has 0 fully saturated rings. The first-order valence-corrected chi connectivity index (χ1v) is 1.74. The summed E-state index contributed by atoms with van der Waals surface area (Å²) in [4.78, 5) is 3.56. The van der Waals surface area contributed by atoms with Crippen LogP contribution in [0.25, 0.3) is 0 Å². The summed E-state index contributed by atoms with van der Waals surface area (Å²) >= 11 is 0. The minimum absolute atomic E-state index is 0.185. The lowest BCUT2D eigenvalue weighted by molar-refractivity contribution is 1.21. The number of nitrogens with two attached hydrogens (primary N) is 1. The number of guanidine groups is 1. The molecule has 0 aromatic heterocycles. The van der Waals surface area contributed by atoms with Crippen LogP contribution in [0, 0.1) is 0 Å². The van der Waals surface area contributed by atoms with E-state index >= 15 is 0 Å². The Morgan fingerprint density at radius 2 is 2.14 bits per heavy atom. The third kappa shape index (κ3) is 0.623. The van der Waals surface area contributed by atoms with Gasteiger partial charge in [0, 0.05) is 0 Å². The zero-order chi connectivity index (χ0) is 5.28. The highest BCUT2D eigenvalue weighted by Crippen LogP contribution is 2.01. The molecule has 0 spiro atoms. The van der Waals surface area contributed by atoms with E-state index in [2.05, 4.69) is 21.8 Å². The van der Waals surface area contributed by atoms with E-state index in [0.717, 1.165) is 0 Å². The molecule has 1 aliphatic rings. The standard InChI is InChI=1S/C3H4N4/c1-2-5-3(4)7-6-2/h1H2,(H2,4,5). The molecule has 0 aliphatic carbocycles. The van der Waals surface area contributed by atoms with Crippen LogP contribution < -0.4 is 5.73 Å². The van der Waals surface area contributed by atoms with Gasteiger partial charge in [0.05, 0.1) is 0 Å². The highest BCUT2D eigenvalue weighted by atomic mass is 15.3. The summed E-state index contributed by atoms with van der Waals surface area (Å²) < 4.78 is 0. The van der Waals surface area contributed by atoms with Crippen LogP contribution in [0.4, 0.5) is 0 Å². The minimum atomic E-state index is 0.185. The van der Waals surface area contributed by atoms with Crippen molar-refractivity contribution >= 4 is 5.96 Å². The predicted octanol–water partition coefficient (Wildman–Crippen LogP) is 0.238. The lowest BCUT2D eigenvalue weighted by atomic mass is 10.9. The van der Waals surface area contributed by atoms with Crippen LogP contribution in [0.15, 0.2) is 27.6 Å². The first-order valence-electron chi connectivity index (χ1n) is 1.74. The summed E-state index contributed by atoms with van der Waals surface area (Å²) in [5.74, 6) is 0.558. The molecular weight excluding hydrogens is 92.1 g/mol. The molecular formula is C3H4N4. The van der Waals surface area contributed by atoms with Crippen LogP contribution in [-0.4, -0.2) is 5.96 Å². The van der Waals surface area contributed by atoms with Crippen molar-refractivity contribution in [3.8, 4) is 0 Å². The second-order valence-corrected chi connectivity index (χ2v) is 1.09. The monoisotopic (exact) mass is 96.0 g/mol. The Kier molecular flexibility index (Phi) is 0.651. The molecule has 0 unspecified atom stereocenters. The van der Waals surface area contributed by atoms with E-state index in [1.165, 1.54) is 0 Å². The number of hydrogen-bond acceptors (Lipinski definition) is 4. The van der Waals surface area contributed by atoms with E-state index in [-0.39, 0.29) is 5.96 Å². The van der Waals surface area contributed by atoms with E-state index in [1.54, 1.807) is 0 Å². The largest absolute Gasteiger partial charge is 0.366 e. The topological polar surface area (TPSA) is 63.1 Å². The van der Waals surface area contributed by atoms with Gasteiger partial charge in [0.25, 0.3) is 0 Å². The third-order valence-corrected chi connectivity index (χ3v) is 0.511. The lowest BCUT2D eigenvalue weighted by Gasteiger charge is -1.71. The third-order valence-electron chi connectivity index (χ3n) is 0.511. The summed E-state index contributed by atoms with van der Waals surface area (Å²) in [7, 11) is 0. The van der Waals surface area contributed by atoms with Gasteiger partial charge in [-0.05, 0) is 0 Å². The van der Waals surface area contributed by atoms with E-state index in [4.69, 9.17) is 5.73 Å². The number of hydrogen-bond donors (Lipinski definition) is 1. The molecule has 0 atom stereocenters. The number of aliphatic imine (C=N–C) groups is 1. The Bertz CT molecular complexity index is 154. The number of azo groups is 1. The molecule has 0 aromatic rings.